The third-order valence-electron chi connectivity index (χ3n) is 4.92. The fourth-order valence-electron chi connectivity index (χ4n) is 3.43. The van der Waals surface area contributed by atoms with Crippen molar-refractivity contribution in [2.75, 3.05) is 30.3 Å². The molecule has 0 aromatic heterocycles. The van der Waals surface area contributed by atoms with Crippen molar-refractivity contribution < 1.29 is 4.92 Å². The highest BCUT2D eigenvalue weighted by Crippen LogP contribution is 2.35. The van der Waals surface area contributed by atoms with Gasteiger partial charge in [0.1, 0.15) is 5.69 Å². The van der Waals surface area contributed by atoms with Gasteiger partial charge in [-0.25, -0.2) is 0 Å². The van der Waals surface area contributed by atoms with E-state index in [1.54, 1.807) is 0 Å². The quantitative estimate of drug-likeness (QED) is 0.262. The van der Waals surface area contributed by atoms with Crippen molar-refractivity contribution in [2.24, 2.45) is 0 Å². The maximum absolute atomic E-state index is 10.7. The number of nitrogen functional groups attached to an aromatic ring is 3. The Bertz CT molecular complexity index is 887. The van der Waals surface area contributed by atoms with Gasteiger partial charge in [0.15, 0.2) is 0 Å². The Morgan fingerprint density at radius 3 is 2.33 bits per heavy atom. The van der Waals surface area contributed by atoms with E-state index >= 15 is 0 Å². The zero-order valence-electron chi connectivity index (χ0n) is 14.8. The summed E-state index contributed by atoms with van der Waals surface area (Å²) in [6.07, 6.45) is 1.73. The highest BCUT2D eigenvalue weighted by Gasteiger charge is 2.23. The number of nitrogens with zero attached hydrogens (tertiary/aromatic N) is 1. The lowest BCUT2D eigenvalue weighted by Gasteiger charge is -2.20. The van der Waals surface area contributed by atoms with Crippen LogP contribution in [0.25, 0.3) is 0 Å². The number of rotatable bonds is 1. The Hall–Kier alpha value is -2.36. The molecule has 0 amide bonds. The summed E-state index contributed by atoms with van der Waals surface area (Å²) in [6.45, 7) is 3.43. The maximum atomic E-state index is 10.7. The fourth-order valence-corrected chi connectivity index (χ4v) is 4.02. The number of nitro benzene ring substituents is 1. The Labute approximate surface area is 165 Å². The van der Waals surface area contributed by atoms with Crippen LogP contribution in [0.1, 0.15) is 22.3 Å². The predicted octanol–water partition coefficient (Wildman–Crippen LogP) is 2.08. The lowest BCUT2D eigenvalue weighted by Crippen LogP contribution is -2.25. The normalized spacial score (nSPS) is 15.1. The van der Waals surface area contributed by atoms with E-state index in [1.807, 2.05) is 12.1 Å². The number of hydrogen-bond acceptors (Lipinski definition) is 7. The summed E-state index contributed by atoms with van der Waals surface area (Å²) < 4.78 is 0.755. The molecule has 0 saturated heterocycles. The van der Waals surface area contributed by atoms with Crippen LogP contribution in [0.2, 0.25) is 0 Å². The standard InChI is InChI=1S/C9H10BrN3O2.C9H13N3/c10-7-3-8(13(14)15)9(11)5-1-2-12-4-6(5)7;10-8-2-1-6-5-12-4-3-7(6)9(8)11/h3,12H,1-2,4,11H2;1-2,12H,3-5,10-11H2. The van der Waals surface area contributed by atoms with E-state index < -0.39 is 4.92 Å². The first-order valence-electron chi connectivity index (χ1n) is 8.71. The van der Waals surface area contributed by atoms with Crippen LogP contribution in [0, 0.1) is 10.1 Å². The minimum Gasteiger partial charge on any atom is -0.397 e. The molecule has 0 aliphatic carbocycles. The lowest BCUT2D eigenvalue weighted by molar-refractivity contribution is -0.384. The van der Waals surface area contributed by atoms with Gasteiger partial charge in [0.25, 0.3) is 5.69 Å². The summed E-state index contributed by atoms with van der Waals surface area (Å²) in [6, 6.07) is 5.40. The molecule has 2 heterocycles. The zero-order chi connectivity index (χ0) is 19.6. The molecule has 2 aliphatic heterocycles. The molecule has 0 bridgehead atoms. The molecule has 27 heavy (non-hydrogen) atoms. The molecule has 0 radical (unpaired) electrons. The molecule has 8 N–H and O–H groups in total. The van der Waals surface area contributed by atoms with Gasteiger partial charge in [0.05, 0.1) is 16.3 Å². The van der Waals surface area contributed by atoms with Gasteiger partial charge in [-0.2, -0.15) is 0 Å². The molecule has 2 aliphatic rings. The summed E-state index contributed by atoms with van der Waals surface area (Å²) in [5.41, 5.74) is 23.5. The Kier molecular flexibility index (Phi) is 5.83. The molecule has 2 aromatic carbocycles. The SMILES string of the molecule is Nc1c([N+](=O)[O-])cc(Br)c2c1CCNC2.Nc1ccc2c(c1N)CCNC2. The Morgan fingerprint density at radius 1 is 0.963 bits per heavy atom. The van der Waals surface area contributed by atoms with Crippen LogP contribution in [-0.4, -0.2) is 18.0 Å². The van der Waals surface area contributed by atoms with E-state index in [9.17, 15) is 10.1 Å². The average molecular weight is 435 g/mol. The van der Waals surface area contributed by atoms with Gasteiger partial charge in [-0.3, -0.25) is 10.1 Å². The Morgan fingerprint density at radius 2 is 1.63 bits per heavy atom. The number of halogens is 1. The van der Waals surface area contributed by atoms with Gasteiger partial charge in [-0.05, 0) is 54.3 Å². The van der Waals surface area contributed by atoms with Gasteiger partial charge in [-0.15, -0.1) is 0 Å². The van der Waals surface area contributed by atoms with Gasteiger partial charge >= 0.3 is 0 Å². The largest absolute Gasteiger partial charge is 0.397 e. The number of nitrogens with two attached hydrogens (primary N) is 3. The maximum Gasteiger partial charge on any atom is 0.293 e. The molecule has 0 unspecified atom stereocenters. The highest BCUT2D eigenvalue weighted by molar-refractivity contribution is 9.10. The van der Waals surface area contributed by atoms with E-state index in [4.69, 9.17) is 17.2 Å². The third-order valence-corrected chi connectivity index (χ3v) is 5.63. The summed E-state index contributed by atoms with van der Waals surface area (Å²) in [4.78, 5) is 10.3. The molecule has 4 rings (SSSR count). The fraction of sp³-hybridized carbons (Fsp3) is 0.333. The van der Waals surface area contributed by atoms with Crippen molar-refractivity contribution >= 4 is 38.7 Å². The van der Waals surface area contributed by atoms with Crippen LogP contribution in [0.5, 0.6) is 0 Å². The van der Waals surface area contributed by atoms with Crippen molar-refractivity contribution in [3.63, 3.8) is 0 Å². The van der Waals surface area contributed by atoms with Crippen LogP contribution < -0.4 is 27.8 Å². The van der Waals surface area contributed by atoms with Crippen molar-refractivity contribution in [2.45, 2.75) is 25.9 Å². The third kappa shape index (κ3) is 4.00. The van der Waals surface area contributed by atoms with Gasteiger partial charge < -0.3 is 27.8 Å². The minimum absolute atomic E-state index is 0.0116. The molecule has 0 atom stereocenters. The van der Waals surface area contributed by atoms with Crippen LogP contribution in [0.3, 0.4) is 0 Å². The van der Waals surface area contributed by atoms with Crippen molar-refractivity contribution in [1.29, 1.82) is 0 Å². The van der Waals surface area contributed by atoms with E-state index in [2.05, 4.69) is 26.6 Å². The topological polar surface area (TPSA) is 145 Å². The second-order valence-electron chi connectivity index (χ2n) is 6.57. The summed E-state index contributed by atoms with van der Waals surface area (Å²) in [5.74, 6) is 0. The number of fused-ring (bicyclic) bond motifs is 2. The summed E-state index contributed by atoms with van der Waals surface area (Å²) in [5, 5.41) is 17.2. The predicted molar refractivity (Wildman–Crippen MR) is 111 cm³/mol. The molecule has 0 spiro atoms. The molecule has 8 nitrogen and oxygen atoms in total. The number of anilines is 3. The van der Waals surface area contributed by atoms with Crippen LogP contribution >= 0.6 is 15.9 Å². The van der Waals surface area contributed by atoms with Crippen molar-refractivity contribution in [3.8, 4) is 0 Å². The van der Waals surface area contributed by atoms with E-state index in [0.29, 0.717) is 17.9 Å². The first-order chi connectivity index (χ1) is 12.9. The lowest BCUT2D eigenvalue weighted by atomic mass is 9.98. The summed E-state index contributed by atoms with van der Waals surface area (Å²) >= 11 is 3.34. The average Bonchev–Trinajstić information content (AvgIpc) is 2.68. The number of hydrogen-bond donors (Lipinski definition) is 5. The van der Waals surface area contributed by atoms with E-state index in [1.165, 1.54) is 17.2 Å². The van der Waals surface area contributed by atoms with Crippen LogP contribution in [0.4, 0.5) is 22.7 Å². The van der Waals surface area contributed by atoms with Crippen LogP contribution in [0.15, 0.2) is 22.7 Å². The van der Waals surface area contributed by atoms with Gasteiger partial charge in [0.2, 0.25) is 0 Å². The summed E-state index contributed by atoms with van der Waals surface area (Å²) in [7, 11) is 0. The van der Waals surface area contributed by atoms with E-state index in [0.717, 1.165) is 53.8 Å². The number of benzene rings is 2. The highest BCUT2D eigenvalue weighted by atomic mass is 79.9. The van der Waals surface area contributed by atoms with E-state index in [-0.39, 0.29) is 5.69 Å². The molecule has 0 fully saturated rings. The minimum atomic E-state index is -0.442. The first kappa shape index (κ1) is 19.4. The van der Waals surface area contributed by atoms with Gasteiger partial charge in [0, 0.05) is 23.6 Å². The molecule has 144 valence electrons. The van der Waals surface area contributed by atoms with Crippen molar-refractivity contribution in [3.05, 3.63) is 55.0 Å². The Balaban J connectivity index is 0.000000159. The first-order valence-corrected chi connectivity index (χ1v) is 9.50. The zero-order valence-corrected chi connectivity index (χ0v) is 16.4. The second-order valence-corrected chi connectivity index (χ2v) is 7.42. The van der Waals surface area contributed by atoms with Gasteiger partial charge in [-0.1, -0.05) is 22.0 Å². The van der Waals surface area contributed by atoms with Crippen molar-refractivity contribution in [1.82, 2.24) is 10.6 Å². The molecular formula is C18H23BrN6O2. The molecule has 9 heteroatoms. The molecule has 0 saturated carbocycles. The smallest absolute Gasteiger partial charge is 0.293 e. The monoisotopic (exact) mass is 434 g/mol. The number of nitro groups is 1. The second kappa shape index (κ2) is 8.12. The van der Waals surface area contributed by atoms with Crippen LogP contribution in [-0.2, 0) is 25.9 Å². The number of nitrogens with one attached hydrogen (secondary N) is 2. The molecule has 2 aromatic rings. The molecular weight excluding hydrogens is 412 g/mol.